The topological polar surface area (TPSA) is 47.3 Å². The van der Waals surface area contributed by atoms with Gasteiger partial charge >= 0.3 is 0 Å². The molecule has 1 unspecified atom stereocenters. The first-order chi connectivity index (χ1) is 6.27. The van der Waals surface area contributed by atoms with Crippen molar-refractivity contribution in [2.45, 2.75) is 32.2 Å². The van der Waals surface area contributed by atoms with E-state index in [-0.39, 0.29) is 0 Å². The van der Waals surface area contributed by atoms with Gasteiger partial charge in [0.25, 0.3) is 0 Å². The Bertz CT molecular complexity index is 180. The summed E-state index contributed by atoms with van der Waals surface area (Å²) in [5.41, 5.74) is 0. The van der Waals surface area contributed by atoms with Gasteiger partial charge in [0.2, 0.25) is 0 Å². The molecule has 1 rings (SSSR count). The number of piperidine rings is 1. The Kier molecular flexibility index (Phi) is 4.20. The molecule has 1 heterocycles. The van der Waals surface area contributed by atoms with Crippen LogP contribution in [0.25, 0.3) is 0 Å². The number of hydrogen-bond donors (Lipinski definition) is 1. The van der Waals surface area contributed by atoms with E-state index >= 15 is 0 Å². The molecule has 0 saturated carbocycles. The fourth-order valence-electron chi connectivity index (χ4n) is 1.84. The predicted molar refractivity (Wildman–Crippen MR) is 51.1 cm³/mol. The molecule has 13 heavy (non-hydrogen) atoms. The Morgan fingerprint density at radius 3 is 2.62 bits per heavy atom. The highest BCUT2D eigenvalue weighted by Crippen LogP contribution is 2.18. The summed E-state index contributed by atoms with van der Waals surface area (Å²) in [5, 5.41) is 17.5. The van der Waals surface area contributed by atoms with E-state index in [1.165, 1.54) is 0 Å². The Morgan fingerprint density at radius 2 is 2.15 bits per heavy atom. The van der Waals surface area contributed by atoms with Gasteiger partial charge in [0.1, 0.15) is 0 Å². The maximum Gasteiger partial charge on any atom is 0.0638 e. The average Bonchev–Trinajstić information content (AvgIpc) is 2.18. The summed E-state index contributed by atoms with van der Waals surface area (Å²) in [6, 6.07) is 2.58. The van der Waals surface area contributed by atoms with Crippen LogP contribution < -0.4 is 0 Å². The third-order valence-electron chi connectivity index (χ3n) is 2.92. The molecule has 1 aliphatic rings. The molecule has 3 nitrogen and oxygen atoms in total. The summed E-state index contributed by atoms with van der Waals surface area (Å²) < 4.78 is 0. The lowest BCUT2D eigenvalue weighted by atomic mass is 9.96. The fraction of sp³-hybridized carbons (Fsp3) is 0.900. The summed E-state index contributed by atoms with van der Waals surface area (Å²) in [6.07, 6.45) is 2.77. The number of likely N-dealkylation sites (tertiary alicyclic amines) is 1. The lowest BCUT2D eigenvalue weighted by Crippen LogP contribution is -2.40. The van der Waals surface area contributed by atoms with Crippen LogP contribution in [-0.4, -0.2) is 35.7 Å². The van der Waals surface area contributed by atoms with Gasteiger partial charge in [0, 0.05) is 12.6 Å². The Balaban J connectivity index is 2.28. The molecule has 0 bridgehead atoms. The lowest BCUT2D eigenvalue weighted by Gasteiger charge is -2.34. The van der Waals surface area contributed by atoms with Gasteiger partial charge in [-0.2, -0.15) is 5.26 Å². The van der Waals surface area contributed by atoms with Gasteiger partial charge in [-0.05, 0) is 38.8 Å². The van der Waals surface area contributed by atoms with Gasteiger partial charge in [0.05, 0.1) is 12.5 Å². The molecule has 1 N–H and O–H groups in total. The number of nitrogens with zero attached hydrogens (tertiary/aromatic N) is 2. The molecule has 0 aromatic heterocycles. The molecule has 1 fully saturated rings. The molecule has 0 aromatic carbocycles. The van der Waals surface area contributed by atoms with Gasteiger partial charge in [-0.15, -0.1) is 0 Å². The monoisotopic (exact) mass is 182 g/mol. The van der Waals surface area contributed by atoms with Crippen molar-refractivity contribution in [2.24, 2.45) is 5.92 Å². The van der Waals surface area contributed by atoms with Crippen LogP contribution >= 0.6 is 0 Å². The molecule has 1 aliphatic heterocycles. The van der Waals surface area contributed by atoms with Crippen LogP contribution in [0, 0.1) is 17.2 Å². The normalized spacial score (nSPS) is 22.5. The van der Waals surface area contributed by atoms with Gasteiger partial charge in [0.15, 0.2) is 0 Å². The first-order valence-electron chi connectivity index (χ1n) is 4.99. The fourth-order valence-corrected chi connectivity index (χ4v) is 1.84. The highest BCUT2D eigenvalue weighted by Gasteiger charge is 2.21. The second-order valence-electron chi connectivity index (χ2n) is 3.87. The Labute approximate surface area is 80.0 Å². The Hall–Kier alpha value is -0.590. The minimum absolute atomic E-state index is 0.320. The molecule has 0 radical (unpaired) electrons. The molecule has 0 amide bonds. The van der Waals surface area contributed by atoms with Crippen LogP contribution in [-0.2, 0) is 0 Å². The summed E-state index contributed by atoms with van der Waals surface area (Å²) >= 11 is 0. The summed E-state index contributed by atoms with van der Waals surface area (Å²) in [6.45, 7) is 4.49. The molecule has 1 atom stereocenters. The minimum Gasteiger partial charge on any atom is -0.396 e. The van der Waals surface area contributed by atoms with Gasteiger partial charge < -0.3 is 5.11 Å². The van der Waals surface area contributed by atoms with Gasteiger partial charge in [-0.3, -0.25) is 4.90 Å². The average molecular weight is 182 g/mol. The number of rotatable bonds is 3. The number of aliphatic hydroxyl groups excluding tert-OH is 1. The van der Waals surface area contributed by atoms with Crippen molar-refractivity contribution < 1.29 is 5.11 Å². The van der Waals surface area contributed by atoms with Gasteiger partial charge in [-0.25, -0.2) is 0 Å². The molecule has 0 aromatic rings. The van der Waals surface area contributed by atoms with Crippen LogP contribution in [0.1, 0.15) is 26.2 Å². The zero-order chi connectivity index (χ0) is 9.68. The Morgan fingerprint density at radius 1 is 1.54 bits per heavy atom. The van der Waals surface area contributed by atoms with E-state index in [1.54, 1.807) is 0 Å². The zero-order valence-corrected chi connectivity index (χ0v) is 8.24. The van der Waals surface area contributed by atoms with E-state index in [0.29, 0.717) is 25.0 Å². The van der Waals surface area contributed by atoms with Crippen LogP contribution in [0.2, 0.25) is 0 Å². The number of aliphatic hydroxyl groups is 1. The minimum atomic E-state index is 0.320. The molecule has 0 aliphatic carbocycles. The first-order valence-corrected chi connectivity index (χ1v) is 4.99. The SMILES string of the molecule is CC(CC#N)N1CCC(CO)CC1. The zero-order valence-electron chi connectivity index (χ0n) is 8.24. The van der Waals surface area contributed by atoms with Crippen molar-refractivity contribution >= 4 is 0 Å². The molecular formula is C10H18N2O. The standard InChI is InChI=1S/C10H18N2O/c1-9(2-5-11)12-6-3-10(8-13)4-7-12/h9-10,13H,2-4,6-8H2,1H3. The van der Waals surface area contributed by atoms with Crippen molar-refractivity contribution in [1.82, 2.24) is 4.90 Å². The first kappa shape index (κ1) is 10.5. The smallest absolute Gasteiger partial charge is 0.0638 e. The maximum atomic E-state index is 8.95. The van der Waals surface area contributed by atoms with E-state index in [1.807, 2.05) is 0 Å². The number of nitriles is 1. The highest BCUT2D eigenvalue weighted by molar-refractivity contribution is 4.82. The number of hydrogen-bond acceptors (Lipinski definition) is 3. The third kappa shape index (κ3) is 2.98. The van der Waals surface area contributed by atoms with Crippen molar-refractivity contribution in [3.63, 3.8) is 0 Å². The molecule has 0 spiro atoms. The van der Waals surface area contributed by atoms with Gasteiger partial charge in [-0.1, -0.05) is 0 Å². The summed E-state index contributed by atoms with van der Waals surface area (Å²) in [4.78, 5) is 2.34. The summed E-state index contributed by atoms with van der Waals surface area (Å²) in [5.74, 6) is 0.491. The van der Waals surface area contributed by atoms with E-state index in [0.717, 1.165) is 25.9 Å². The highest BCUT2D eigenvalue weighted by atomic mass is 16.3. The maximum absolute atomic E-state index is 8.95. The lowest BCUT2D eigenvalue weighted by molar-refractivity contribution is 0.107. The van der Waals surface area contributed by atoms with Crippen molar-refractivity contribution in [3.8, 4) is 6.07 Å². The van der Waals surface area contributed by atoms with E-state index in [2.05, 4.69) is 17.9 Å². The molecular weight excluding hydrogens is 164 g/mol. The van der Waals surface area contributed by atoms with Crippen LogP contribution in [0.4, 0.5) is 0 Å². The second-order valence-corrected chi connectivity index (χ2v) is 3.87. The van der Waals surface area contributed by atoms with Crippen LogP contribution in [0.5, 0.6) is 0 Å². The third-order valence-corrected chi connectivity index (χ3v) is 2.92. The largest absolute Gasteiger partial charge is 0.396 e. The predicted octanol–water partition coefficient (Wildman–Crippen LogP) is 0.993. The van der Waals surface area contributed by atoms with Crippen molar-refractivity contribution in [3.05, 3.63) is 0 Å². The molecule has 74 valence electrons. The second kappa shape index (κ2) is 5.21. The van der Waals surface area contributed by atoms with Crippen molar-refractivity contribution in [1.29, 1.82) is 5.26 Å². The van der Waals surface area contributed by atoms with E-state index in [9.17, 15) is 0 Å². The summed E-state index contributed by atoms with van der Waals surface area (Å²) in [7, 11) is 0. The van der Waals surface area contributed by atoms with Crippen molar-refractivity contribution in [2.75, 3.05) is 19.7 Å². The van der Waals surface area contributed by atoms with E-state index in [4.69, 9.17) is 10.4 Å². The molecule has 1 saturated heterocycles. The quantitative estimate of drug-likeness (QED) is 0.708. The van der Waals surface area contributed by atoms with Crippen LogP contribution in [0.3, 0.4) is 0 Å². The van der Waals surface area contributed by atoms with E-state index < -0.39 is 0 Å². The molecule has 3 heteroatoms. The van der Waals surface area contributed by atoms with Crippen LogP contribution in [0.15, 0.2) is 0 Å².